The van der Waals surface area contributed by atoms with E-state index in [1.54, 1.807) is 0 Å². The number of rotatable bonds is 2. The van der Waals surface area contributed by atoms with Crippen molar-refractivity contribution in [2.24, 2.45) is 0 Å². The number of hydrogen-bond donors (Lipinski definition) is 0. The van der Waals surface area contributed by atoms with Crippen LogP contribution in [-0.2, 0) is 22.9 Å². The van der Waals surface area contributed by atoms with Crippen molar-refractivity contribution >= 4 is 15.7 Å². The Balaban J connectivity index is 2.63. The largest absolute Gasteiger partial charge is 0.270 e. The molecular weight excluding hydrogens is 222 g/mol. The van der Waals surface area contributed by atoms with Crippen molar-refractivity contribution in [3.8, 4) is 0 Å². The summed E-state index contributed by atoms with van der Waals surface area (Å²) < 4.78 is 24.9. The van der Waals surface area contributed by atoms with Crippen LogP contribution < -0.4 is 4.31 Å². The molecule has 0 aromatic heterocycles. The molecule has 0 fully saturated rings. The van der Waals surface area contributed by atoms with E-state index in [4.69, 9.17) is 0 Å². The number of sulfonamides is 1. The number of anilines is 1. The molecule has 16 heavy (non-hydrogen) atoms. The molecule has 2 rings (SSSR count). The second-order valence-electron chi connectivity index (χ2n) is 4.31. The van der Waals surface area contributed by atoms with Gasteiger partial charge in [0.2, 0.25) is 10.0 Å². The molecule has 0 saturated heterocycles. The van der Waals surface area contributed by atoms with E-state index in [9.17, 15) is 8.42 Å². The molecule has 0 bridgehead atoms. The first-order chi connectivity index (χ1) is 7.45. The third kappa shape index (κ3) is 1.71. The first-order valence-electron chi connectivity index (χ1n) is 5.54. The minimum Gasteiger partial charge on any atom is -0.270 e. The maximum atomic E-state index is 11.7. The Morgan fingerprint density at radius 2 is 2.06 bits per heavy atom. The fourth-order valence-corrected chi connectivity index (χ4v) is 3.42. The van der Waals surface area contributed by atoms with Gasteiger partial charge in [0.1, 0.15) is 0 Å². The number of benzene rings is 1. The summed E-state index contributed by atoms with van der Waals surface area (Å²) >= 11 is 0. The summed E-state index contributed by atoms with van der Waals surface area (Å²) in [5.74, 6) is 0. The average Bonchev–Trinajstić information content (AvgIpc) is 2.63. The zero-order valence-corrected chi connectivity index (χ0v) is 10.8. The number of fused-ring (bicyclic) bond motifs is 1. The van der Waals surface area contributed by atoms with Crippen LogP contribution in [0, 0.1) is 6.92 Å². The lowest BCUT2D eigenvalue weighted by Gasteiger charge is -2.19. The van der Waals surface area contributed by atoms with Gasteiger partial charge in [0.25, 0.3) is 0 Å². The first kappa shape index (κ1) is 11.5. The monoisotopic (exact) mass is 239 g/mol. The minimum absolute atomic E-state index is 0.589. The predicted molar refractivity (Wildman–Crippen MR) is 66.5 cm³/mol. The number of aryl methyl sites for hydroxylation is 2. The molecule has 1 aliphatic heterocycles. The molecule has 0 N–H and O–H groups in total. The van der Waals surface area contributed by atoms with Crippen molar-refractivity contribution in [1.29, 1.82) is 0 Å². The second kappa shape index (κ2) is 3.77. The third-order valence-electron chi connectivity index (χ3n) is 3.18. The zero-order chi connectivity index (χ0) is 11.9. The Morgan fingerprint density at radius 1 is 1.38 bits per heavy atom. The van der Waals surface area contributed by atoms with Gasteiger partial charge in [-0.3, -0.25) is 4.31 Å². The lowest BCUT2D eigenvalue weighted by atomic mass is 10.00. The third-order valence-corrected chi connectivity index (χ3v) is 4.34. The van der Waals surface area contributed by atoms with Crippen LogP contribution in [0.4, 0.5) is 5.69 Å². The molecule has 0 atom stereocenters. The Bertz CT molecular complexity index is 520. The van der Waals surface area contributed by atoms with Gasteiger partial charge in [0.15, 0.2) is 0 Å². The molecule has 0 spiro atoms. The highest BCUT2D eigenvalue weighted by atomic mass is 32.2. The van der Waals surface area contributed by atoms with Gasteiger partial charge in [-0.05, 0) is 36.5 Å². The summed E-state index contributed by atoms with van der Waals surface area (Å²) in [4.78, 5) is 0. The molecule has 0 radical (unpaired) electrons. The van der Waals surface area contributed by atoms with Crippen molar-refractivity contribution in [1.82, 2.24) is 0 Å². The molecule has 1 heterocycles. The molecule has 0 saturated carbocycles. The fraction of sp³-hybridized carbons (Fsp3) is 0.500. The Labute approximate surface area is 97.1 Å². The van der Waals surface area contributed by atoms with Gasteiger partial charge in [-0.25, -0.2) is 8.42 Å². The Hall–Kier alpha value is -1.03. The maximum Gasteiger partial charge on any atom is 0.232 e. The van der Waals surface area contributed by atoms with Crippen molar-refractivity contribution < 1.29 is 8.42 Å². The highest BCUT2D eigenvalue weighted by Crippen LogP contribution is 2.35. The van der Waals surface area contributed by atoms with Crippen LogP contribution in [0.1, 0.15) is 23.6 Å². The van der Waals surface area contributed by atoms with E-state index in [0.717, 1.165) is 24.1 Å². The topological polar surface area (TPSA) is 37.4 Å². The predicted octanol–water partition coefficient (Wildman–Crippen LogP) is 1.88. The lowest BCUT2D eigenvalue weighted by Crippen LogP contribution is -2.28. The van der Waals surface area contributed by atoms with Crippen LogP contribution in [0.25, 0.3) is 0 Å². The van der Waals surface area contributed by atoms with Gasteiger partial charge in [-0.1, -0.05) is 19.1 Å². The molecule has 0 amide bonds. The van der Waals surface area contributed by atoms with E-state index in [1.807, 2.05) is 13.0 Å². The number of hydrogen-bond acceptors (Lipinski definition) is 2. The van der Waals surface area contributed by atoms with E-state index in [0.29, 0.717) is 6.54 Å². The van der Waals surface area contributed by atoms with E-state index in [1.165, 1.54) is 21.7 Å². The van der Waals surface area contributed by atoms with Gasteiger partial charge in [-0.15, -0.1) is 0 Å². The summed E-state index contributed by atoms with van der Waals surface area (Å²) in [5.41, 5.74) is 4.46. The standard InChI is InChI=1S/C12H17NO2S/c1-4-10-6-5-9(2)12-11(10)7-8-13(12)16(3,14)15/h5-6H,4,7-8H2,1-3H3. The normalized spacial score (nSPS) is 15.3. The summed E-state index contributed by atoms with van der Waals surface area (Å²) in [7, 11) is -3.13. The summed E-state index contributed by atoms with van der Waals surface area (Å²) in [6.07, 6.45) is 3.08. The zero-order valence-electron chi connectivity index (χ0n) is 9.95. The van der Waals surface area contributed by atoms with Gasteiger partial charge >= 0.3 is 0 Å². The molecule has 1 aromatic rings. The van der Waals surface area contributed by atoms with E-state index < -0.39 is 10.0 Å². The molecular formula is C12H17NO2S. The Morgan fingerprint density at radius 3 is 2.62 bits per heavy atom. The quantitative estimate of drug-likeness (QED) is 0.790. The minimum atomic E-state index is -3.13. The van der Waals surface area contributed by atoms with Crippen molar-refractivity contribution in [2.45, 2.75) is 26.7 Å². The van der Waals surface area contributed by atoms with Crippen LogP contribution in [-0.4, -0.2) is 21.2 Å². The number of nitrogens with zero attached hydrogens (tertiary/aromatic N) is 1. The maximum absolute atomic E-state index is 11.7. The van der Waals surface area contributed by atoms with E-state index >= 15 is 0 Å². The SMILES string of the molecule is CCc1ccc(C)c2c1CCN2S(C)(=O)=O. The molecule has 1 aliphatic rings. The lowest BCUT2D eigenvalue weighted by molar-refractivity contribution is 0.598. The van der Waals surface area contributed by atoms with Gasteiger partial charge < -0.3 is 0 Å². The summed E-state index contributed by atoms with van der Waals surface area (Å²) in [6.45, 7) is 4.67. The van der Waals surface area contributed by atoms with Crippen molar-refractivity contribution in [3.63, 3.8) is 0 Å². The highest BCUT2D eigenvalue weighted by molar-refractivity contribution is 7.92. The molecule has 0 aliphatic carbocycles. The first-order valence-corrected chi connectivity index (χ1v) is 7.39. The highest BCUT2D eigenvalue weighted by Gasteiger charge is 2.28. The van der Waals surface area contributed by atoms with E-state index in [2.05, 4.69) is 13.0 Å². The fourth-order valence-electron chi connectivity index (χ4n) is 2.41. The van der Waals surface area contributed by atoms with Crippen LogP contribution in [0.3, 0.4) is 0 Å². The molecule has 88 valence electrons. The second-order valence-corrected chi connectivity index (χ2v) is 6.21. The van der Waals surface area contributed by atoms with Crippen LogP contribution >= 0.6 is 0 Å². The Kier molecular flexibility index (Phi) is 2.70. The van der Waals surface area contributed by atoms with E-state index in [-0.39, 0.29) is 0 Å². The molecule has 4 heteroatoms. The molecule has 0 unspecified atom stereocenters. The van der Waals surface area contributed by atoms with Crippen molar-refractivity contribution in [2.75, 3.05) is 17.1 Å². The summed E-state index contributed by atoms with van der Waals surface area (Å²) in [6, 6.07) is 4.13. The van der Waals surface area contributed by atoms with Gasteiger partial charge in [-0.2, -0.15) is 0 Å². The molecule has 3 nitrogen and oxygen atoms in total. The smallest absolute Gasteiger partial charge is 0.232 e. The molecule has 1 aromatic carbocycles. The van der Waals surface area contributed by atoms with Crippen LogP contribution in [0.5, 0.6) is 0 Å². The van der Waals surface area contributed by atoms with Crippen LogP contribution in [0.2, 0.25) is 0 Å². The average molecular weight is 239 g/mol. The van der Waals surface area contributed by atoms with Gasteiger partial charge in [0.05, 0.1) is 11.9 Å². The van der Waals surface area contributed by atoms with Crippen molar-refractivity contribution in [3.05, 3.63) is 28.8 Å². The van der Waals surface area contributed by atoms with Gasteiger partial charge in [0, 0.05) is 6.54 Å². The summed E-state index contributed by atoms with van der Waals surface area (Å²) in [5, 5.41) is 0. The van der Waals surface area contributed by atoms with Crippen LogP contribution in [0.15, 0.2) is 12.1 Å².